The highest BCUT2D eigenvalue weighted by Crippen LogP contribution is 2.27. The third-order valence-electron chi connectivity index (χ3n) is 3.79. The summed E-state index contributed by atoms with van der Waals surface area (Å²) in [5.41, 5.74) is 1.23. The van der Waals surface area contributed by atoms with E-state index in [-0.39, 0.29) is 5.91 Å². The number of carbonyl (C=O) groups excluding carboxylic acids is 1. The van der Waals surface area contributed by atoms with Crippen molar-refractivity contribution in [1.29, 1.82) is 0 Å². The van der Waals surface area contributed by atoms with Gasteiger partial charge in [-0.2, -0.15) is 0 Å². The van der Waals surface area contributed by atoms with Crippen LogP contribution in [0, 0.1) is 13.8 Å². The van der Waals surface area contributed by atoms with Gasteiger partial charge in [-0.05, 0) is 44.5 Å². The van der Waals surface area contributed by atoms with Crippen molar-refractivity contribution in [2.24, 2.45) is 0 Å². The summed E-state index contributed by atoms with van der Waals surface area (Å²) in [5, 5.41) is 13.0. The molecule has 0 radical (unpaired) electrons. The Kier molecular flexibility index (Phi) is 5.87. The highest BCUT2D eigenvalue weighted by Gasteiger charge is 2.15. The molecule has 130 valence electrons. The van der Waals surface area contributed by atoms with Gasteiger partial charge in [-0.25, -0.2) is 0 Å². The largest absolute Gasteiger partial charge is 0.493 e. The van der Waals surface area contributed by atoms with Crippen molar-refractivity contribution in [2.45, 2.75) is 26.4 Å². The molecule has 24 heavy (non-hydrogen) atoms. The maximum Gasteiger partial charge on any atom is 0.251 e. The van der Waals surface area contributed by atoms with Gasteiger partial charge >= 0.3 is 0 Å². The topological polar surface area (TPSA) is 80.9 Å². The van der Waals surface area contributed by atoms with Crippen molar-refractivity contribution in [3.63, 3.8) is 0 Å². The van der Waals surface area contributed by atoms with Gasteiger partial charge < -0.3 is 24.3 Å². The fraction of sp³-hybridized carbons (Fsp3) is 0.389. The fourth-order valence-corrected chi connectivity index (χ4v) is 2.54. The molecular weight excluding hydrogens is 310 g/mol. The number of benzene rings is 1. The Labute approximate surface area is 141 Å². The summed E-state index contributed by atoms with van der Waals surface area (Å²) in [6.07, 6.45) is -0.271. The van der Waals surface area contributed by atoms with Crippen LogP contribution in [-0.2, 0) is 0 Å². The molecule has 0 aliphatic carbocycles. The number of methoxy groups -OCH3 is 2. The van der Waals surface area contributed by atoms with E-state index in [2.05, 4.69) is 5.32 Å². The van der Waals surface area contributed by atoms with Crippen LogP contribution in [0.25, 0.3) is 0 Å². The van der Waals surface area contributed by atoms with Gasteiger partial charge in [0, 0.05) is 17.7 Å². The highest BCUT2D eigenvalue weighted by atomic mass is 16.5. The van der Waals surface area contributed by atoms with E-state index in [9.17, 15) is 9.90 Å². The first-order chi connectivity index (χ1) is 11.5. The van der Waals surface area contributed by atoms with Crippen LogP contribution in [0.5, 0.6) is 11.5 Å². The molecule has 2 N–H and O–H groups in total. The zero-order valence-corrected chi connectivity index (χ0v) is 14.4. The molecule has 2 aromatic rings. The van der Waals surface area contributed by atoms with Crippen LogP contribution >= 0.6 is 0 Å². The molecule has 1 amide bonds. The monoisotopic (exact) mass is 333 g/mol. The Bertz CT molecular complexity index is 707. The zero-order valence-electron chi connectivity index (χ0n) is 14.4. The number of hydrogen-bond donors (Lipinski definition) is 2. The van der Waals surface area contributed by atoms with Gasteiger partial charge in [-0.1, -0.05) is 0 Å². The van der Waals surface area contributed by atoms with Crippen molar-refractivity contribution in [1.82, 2.24) is 5.32 Å². The number of hydrogen-bond acceptors (Lipinski definition) is 5. The smallest absolute Gasteiger partial charge is 0.251 e. The van der Waals surface area contributed by atoms with E-state index in [0.29, 0.717) is 35.8 Å². The van der Waals surface area contributed by atoms with Crippen LogP contribution in [0.4, 0.5) is 0 Å². The van der Waals surface area contributed by atoms with Gasteiger partial charge in [0.1, 0.15) is 11.5 Å². The van der Waals surface area contributed by atoms with Crippen LogP contribution in [-0.4, -0.2) is 31.8 Å². The molecule has 0 spiro atoms. The number of amides is 1. The number of ether oxygens (including phenoxy) is 2. The van der Waals surface area contributed by atoms with Gasteiger partial charge in [0.15, 0.2) is 11.5 Å². The third-order valence-corrected chi connectivity index (χ3v) is 3.79. The van der Waals surface area contributed by atoms with E-state index < -0.39 is 6.10 Å². The predicted octanol–water partition coefficient (Wildman–Crippen LogP) is 2.77. The molecule has 0 bridgehead atoms. The average Bonchev–Trinajstić information content (AvgIpc) is 2.92. The second-order valence-corrected chi connectivity index (χ2v) is 5.50. The molecule has 1 unspecified atom stereocenters. The SMILES string of the molecule is COc1ccc(C(=O)NCCC(O)c2cc(C)oc2C)cc1OC. The second kappa shape index (κ2) is 7.88. The Morgan fingerprint density at radius 2 is 1.92 bits per heavy atom. The Morgan fingerprint density at radius 3 is 2.50 bits per heavy atom. The third kappa shape index (κ3) is 4.08. The second-order valence-electron chi connectivity index (χ2n) is 5.50. The molecule has 0 fully saturated rings. The number of aryl methyl sites for hydroxylation is 2. The van der Waals surface area contributed by atoms with Gasteiger partial charge in [-0.15, -0.1) is 0 Å². The van der Waals surface area contributed by atoms with Crippen LogP contribution in [0.15, 0.2) is 28.7 Å². The lowest BCUT2D eigenvalue weighted by molar-refractivity contribution is 0.0942. The normalized spacial score (nSPS) is 11.9. The number of aliphatic hydroxyl groups is 1. The maximum atomic E-state index is 12.2. The van der Waals surface area contributed by atoms with Crippen LogP contribution in [0.1, 0.15) is 40.0 Å². The lowest BCUT2D eigenvalue weighted by Crippen LogP contribution is -2.25. The molecule has 1 aromatic heterocycles. The Hall–Kier alpha value is -2.47. The van der Waals surface area contributed by atoms with Crippen LogP contribution < -0.4 is 14.8 Å². The minimum absolute atomic E-state index is 0.233. The molecule has 0 saturated carbocycles. The number of aliphatic hydroxyl groups excluding tert-OH is 1. The first-order valence-corrected chi connectivity index (χ1v) is 7.71. The lowest BCUT2D eigenvalue weighted by Gasteiger charge is -2.12. The van der Waals surface area contributed by atoms with Crippen molar-refractivity contribution in [2.75, 3.05) is 20.8 Å². The molecule has 1 atom stereocenters. The van der Waals surface area contributed by atoms with E-state index in [1.54, 1.807) is 25.3 Å². The quantitative estimate of drug-likeness (QED) is 0.814. The van der Waals surface area contributed by atoms with Gasteiger partial charge in [0.25, 0.3) is 5.91 Å². The Morgan fingerprint density at radius 1 is 1.21 bits per heavy atom. The lowest BCUT2D eigenvalue weighted by atomic mass is 10.1. The molecule has 0 saturated heterocycles. The van der Waals surface area contributed by atoms with Crippen molar-refractivity contribution >= 4 is 5.91 Å². The summed E-state index contributed by atoms with van der Waals surface area (Å²) < 4.78 is 15.7. The molecule has 1 aromatic carbocycles. The van der Waals surface area contributed by atoms with E-state index >= 15 is 0 Å². The molecular formula is C18H23NO5. The average molecular weight is 333 g/mol. The van der Waals surface area contributed by atoms with Crippen molar-refractivity contribution in [3.8, 4) is 11.5 Å². The fourth-order valence-electron chi connectivity index (χ4n) is 2.54. The zero-order chi connectivity index (χ0) is 17.7. The summed E-state index contributed by atoms with van der Waals surface area (Å²) in [6, 6.07) is 6.78. The van der Waals surface area contributed by atoms with Gasteiger partial charge in [0.2, 0.25) is 0 Å². The van der Waals surface area contributed by atoms with E-state index in [4.69, 9.17) is 13.9 Å². The van der Waals surface area contributed by atoms with E-state index in [1.165, 1.54) is 7.11 Å². The predicted molar refractivity (Wildman–Crippen MR) is 89.6 cm³/mol. The molecule has 1 heterocycles. The minimum atomic E-state index is -0.673. The van der Waals surface area contributed by atoms with Crippen molar-refractivity contribution < 1.29 is 23.8 Å². The number of furan rings is 1. The first-order valence-electron chi connectivity index (χ1n) is 7.71. The summed E-state index contributed by atoms with van der Waals surface area (Å²) in [7, 11) is 3.06. The van der Waals surface area contributed by atoms with E-state index in [0.717, 1.165) is 11.3 Å². The molecule has 0 aliphatic rings. The summed E-state index contributed by atoms with van der Waals surface area (Å²) >= 11 is 0. The maximum absolute atomic E-state index is 12.2. The summed E-state index contributed by atoms with van der Waals surface area (Å²) in [5.74, 6) is 2.29. The minimum Gasteiger partial charge on any atom is -0.493 e. The van der Waals surface area contributed by atoms with Crippen LogP contribution in [0.3, 0.4) is 0 Å². The van der Waals surface area contributed by atoms with Gasteiger partial charge in [-0.3, -0.25) is 4.79 Å². The van der Waals surface area contributed by atoms with E-state index in [1.807, 2.05) is 19.9 Å². The van der Waals surface area contributed by atoms with Crippen LogP contribution in [0.2, 0.25) is 0 Å². The Balaban J connectivity index is 1.92. The molecule has 0 aliphatic heterocycles. The van der Waals surface area contributed by atoms with Gasteiger partial charge in [0.05, 0.1) is 20.3 Å². The summed E-state index contributed by atoms with van der Waals surface area (Å²) in [4.78, 5) is 12.2. The first kappa shape index (κ1) is 17.9. The number of carbonyl (C=O) groups is 1. The summed E-state index contributed by atoms with van der Waals surface area (Å²) in [6.45, 7) is 3.99. The number of nitrogens with one attached hydrogen (secondary N) is 1. The number of rotatable bonds is 7. The molecule has 6 nitrogen and oxygen atoms in total. The van der Waals surface area contributed by atoms with Crippen molar-refractivity contribution in [3.05, 3.63) is 46.9 Å². The highest BCUT2D eigenvalue weighted by molar-refractivity contribution is 5.94. The molecule has 2 rings (SSSR count). The molecule has 6 heteroatoms. The standard InChI is InChI=1S/C18H23NO5/c1-11-9-14(12(2)24-11)15(20)7-8-19-18(21)13-5-6-16(22-3)17(10-13)23-4/h5-6,9-10,15,20H,7-8H2,1-4H3,(H,19,21).